The second-order valence-electron chi connectivity index (χ2n) is 9.09. The molecule has 0 radical (unpaired) electrons. The number of rotatable bonds is 8. The Kier molecular flexibility index (Phi) is 9.63. The van der Waals surface area contributed by atoms with Crippen LogP contribution >= 0.6 is 35.3 Å². The van der Waals surface area contributed by atoms with Crippen molar-refractivity contribution in [3.05, 3.63) is 56.1 Å². The van der Waals surface area contributed by atoms with Crippen molar-refractivity contribution in [2.24, 2.45) is 5.73 Å². The van der Waals surface area contributed by atoms with Crippen LogP contribution in [0.15, 0.2) is 35.2 Å². The molecule has 2 saturated heterocycles. The van der Waals surface area contributed by atoms with Gasteiger partial charge < -0.3 is 10.5 Å². The molecule has 0 saturated carbocycles. The third kappa shape index (κ3) is 7.97. The minimum Gasteiger partial charge on any atom is -0.379 e. The molecule has 0 spiro atoms. The van der Waals surface area contributed by atoms with Crippen molar-refractivity contribution >= 4 is 63.6 Å². The molecule has 0 aliphatic carbocycles. The van der Waals surface area contributed by atoms with E-state index in [0.717, 1.165) is 23.1 Å². The number of amides is 2. The molecule has 0 bridgehead atoms. The predicted octanol–water partition coefficient (Wildman–Crippen LogP) is 5.87. The van der Waals surface area contributed by atoms with Gasteiger partial charge in [-0.25, -0.2) is 0 Å². The maximum Gasteiger partial charge on any atom is 0.416 e. The van der Waals surface area contributed by atoms with Gasteiger partial charge in [0.2, 0.25) is 5.91 Å². The molecule has 2 amide bonds. The molecule has 220 valence electrons. The number of hydrogen-bond acceptors (Lipinski definition) is 7. The van der Waals surface area contributed by atoms with Crippen LogP contribution in [-0.4, -0.2) is 65.3 Å². The van der Waals surface area contributed by atoms with E-state index in [-0.39, 0.29) is 39.4 Å². The Morgan fingerprint density at radius 2 is 1.68 bits per heavy atom. The number of benzene rings is 1. The molecular formula is C26H23F6N3O3S3. The Balaban J connectivity index is 1.74. The number of alkyl halides is 6. The third-order valence-corrected chi connectivity index (χ3v) is 8.57. The Morgan fingerprint density at radius 3 is 2.27 bits per heavy atom. The Morgan fingerprint density at radius 1 is 1.05 bits per heavy atom. The molecule has 2 fully saturated rings. The highest BCUT2D eigenvalue weighted by Gasteiger charge is 2.37. The van der Waals surface area contributed by atoms with Gasteiger partial charge in [-0.05, 0) is 42.0 Å². The van der Waals surface area contributed by atoms with Crippen LogP contribution in [0.5, 0.6) is 0 Å². The molecule has 2 aliphatic heterocycles. The van der Waals surface area contributed by atoms with Gasteiger partial charge in [-0.2, -0.15) is 26.3 Å². The number of thioether (sulfide) groups is 1. The molecule has 1 aromatic carbocycles. The van der Waals surface area contributed by atoms with Crippen LogP contribution in [0.2, 0.25) is 0 Å². The summed E-state index contributed by atoms with van der Waals surface area (Å²) in [6.45, 7) is 2.99. The average molecular weight is 636 g/mol. The molecule has 2 aliphatic rings. The summed E-state index contributed by atoms with van der Waals surface area (Å²) in [4.78, 5) is 28.4. The first-order valence-corrected chi connectivity index (χ1v) is 14.2. The highest BCUT2D eigenvalue weighted by atomic mass is 32.2. The SMILES string of the molecule is NC(=O)CCN1C(=O)/C(=C/c2cc(-c3cc(C(F)(F)F)cc(C(F)(F)F)c3)c(/C=C/CN3CCOCC3)s2)SC1=S. The van der Waals surface area contributed by atoms with Crippen molar-refractivity contribution in [2.45, 2.75) is 18.8 Å². The van der Waals surface area contributed by atoms with E-state index in [4.69, 9.17) is 22.7 Å². The lowest BCUT2D eigenvalue weighted by Crippen LogP contribution is -2.36. The van der Waals surface area contributed by atoms with Gasteiger partial charge >= 0.3 is 12.4 Å². The smallest absolute Gasteiger partial charge is 0.379 e. The number of primary amides is 1. The van der Waals surface area contributed by atoms with Gasteiger partial charge in [-0.3, -0.25) is 19.4 Å². The summed E-state index contributed by atoms with van der Waals surface area (Å²) in [6, 6.07) is 2.90. The molecule has 0 atom stereocenters. The van der Waals surface area contributed by atoms with Crippen molar-refractivity contribution in [3.63, 3.8) is 0 Å². The largest absolute Gasteiger partial charge is 0.416 e. The molecule has 15 heteroatoms. The van der Waals surface area contributed by atoms with E-state index < -0.39 is 35.3 Å². The lowest BCUT2D eigenvalue weighted by Gasteiger charge is -2.25. The van der Waals surface area contributed by atoms with Gasteiger partial charge in [0.05, 0.1) is 29.2 Å². The molecular weight excluding hydrogens is 612 g/mol. The Labute approximate surface area is 244 Å². The second kappa shape index (κ2) is 12.7. The van der Waals surface area contributed by atoms with Crippen LogP contribution in [0, 0.1) is 0 Å². The summed E-state index contributed by atoms with van der Waals surface area (Å²) in [7, 11) is 0. The quantitative estimate of drug-likeness (QED) is 0.222. The molecule has 6 nitrogen and oxygen atoms in total. The zero-order valence-corrected chi connectivity index (χ0v) is 23.6. The van der Waals surface area contributed by atoms with Gasteiger partial charge in [0, 0.05) is 47.9 Å². The fourth-order valence-electron chi connectivity index (χ4n) is 4.09. The number of hydrogen-bond donors (Lipinski definition) is 1. The van der Waals surface area contributed by atoms with Crippen LogP contribution in [0.25, 0.3) is 23.3 Å². The van der Waals surface area contributed by atoms with Crippen LogP contribution < -0.4 is 5.73 Å². The molecule has 2 aromatic rings. The predicted molar refractivity (Wildman–Crippen MR) is 150 cm³/mol. The van der Waals surface area contributed by atoms with E-state index in [1.807, 2.05) is 0 Å². The third-order valence-electron chi connectivity index (χ3n) is 6.14. The number of morpholine rings is 1. The number of ether oxygens (including phenoxy) is 1. The molecule has 0 unspecified atom stereocenters. The van der Waals surface area contributed by atoms with Gasteiger partial charge in [0.1, 0.15) is 4.32 Å². The summed E-state index contributed by atoms with van der Waals surface area (Å²) in [5, 5.41) is 0. The van der Waals surface area contributed by atoms with E-state index in [9.17, 15) is 35.9 Å². The zero-order chi connectivity index (χ0) is 29.9. The molecule has 1 aromatic heterocycles. The molecule has 41 heavy (non-hydrogen) atoms. The number of thiophene rings is 1. The second-order valence-corrected chi connectivity index (χ2v) is 11.9. The number of nitrogens with two attached hydrogens (primary N) is 1. The first kappa shape index (κ1) is 31.2. The van der Waals surface area contributed by atoms with Crippen molar-refractivity contribution in [1.29, 1.82) is 0 Å². The van der Waals surface area contributed by atoms with Gasteiger partial charge in [0.25, 0.3) is 5.91 Å². The number of carbonyl (C=O) groups excluding carboxylic acids is 2. The summed E-state index contributed by atoms with van der Waals surface area (Å²) < 4.78 is 87.0. The number of thiocarbonyl (C=S) groups is 1. The lowest BCUT2D eigenvalue weighted by atomic mass is 9.99. The molecule has 3 heterocycles. The van der Waals surface area contributed by atoms with Crippen molar-refractivity contribution < 1.29 is 40.7 Å². The van der Waals surface area contributed by atoms with Crippen LogP contribution in [0.1, 0.15) is 27.3 Å². The van der Waals surface area contributed by atoms with E-state index in [1.165, 1.54) is 17.0 Å². The topological polar surface area (TPSA) is 75.9 Å². The van der Waals surface area contributed by atoms with Gasteiger partial charge in [-0.1, -0.05) is 30.1 Å². The minimum atomic E-state index is -5.00. The van der Waals surface area contributed by atoms with Crippen molar-refractivity contribution in [1.82, 2.24) is 9.80 Å². The summed E-state index contributed by atoms with van der Waals surface area (Å²) in [5.41, 5.74) is 2.21. The van der Waals surface area contributed by atoms with Crippen LogP contribution in [-0.2, 0) is 26.7 Å². The van der Waals surface area contributed by atoms with Crippen molar-refractivity contribution in [2.75, 3.05) is 39.4 Å². The Bertz CT molecular complexity index is 1360. The summed E-state index contributed by atoms with van der Waals surface area (Å²) >= 11 is 7.31. The fourth-order valence-corrected chi connectivity index (χ4v) is 6.52. The van der Waals surface area contributed by atoms with E-state index in [1.54, 1.807) is 12.2 Å². The maximum absolute atomic E-state index is 13.6. The average Bonchev–Trinajstić information content (AvgIpc) is 3.41. The van der Waals surface area contributed by atoms with Crippen molar-refractivity contribution in [3.8, 4) is 11.1 Å². The highest BCUT2D eigenvalue weighted by molar-refractivity contribution is 8.26. The molecule has 2 N–H and O–H groups in total. The monoisotopic (exact) mass is 635 g/mol. The first-order valence-electron chi connectivity index (χ1n) is 12.2. The Hall–Kier alpha value is -2.72. The van der Waals surface area contributed by atoms with Crippen LogP contribution in [0.4, 0.5) is 26.3 Å². The van der Waals surface area contributed by atoms with Gasteiger partial charge in [-0.15, -0.1) is 11.3 Å². The lowest BCUT2D eigenvalue weighted by molar-refractivity contribution is -0.143. The number of nitrogens with zero attached hydrogens (tertiary/aromatic N) is 2. The number of halogens is 6. The fraction of sp³-hybridized carbons (Fsp3) is 0.346. The van der Waals surface area contributed by atoms with E-state index in [0.29, 0.717) is 54.7 Å². The highest BCUT2D eigenvalue weighted by Crippen LogP contribution is 2.42. The summed E-state index contributed by atoms with van der Waals surface area (Å²) in [5.74, 6) is -1.09. The maximum atomic E-state index is 13.6. The standard InChI is InChI=1S/C26H23F6N3O3S3/c27-25(28,29)16-10-15(11-17(12-16)26(30,31)32)19-13-18(40-20(19)2-1-4-34-6-8-38-9-7-34)14-21-23(37)35(24(39)41-21)5-3-22(33)36/h1-2,10-14H,3-9H2,(H2,33,36)/b2-1+,21-14-. The first-order chi connectivity index (χ1) is 19.2. The van der Waals surface area contributed by atoms with E-state index >= 15 is 0 Å². The van der Waals surface area contributed by atoms with Crippen LogP contribution in [0.3, 0.4) is 0 Å². The zero-order valence-electron chi connectivity index (χ0n) is 21.2. The normalized spacial score (nSPS) is 18.3. The number of carbonyl (C=O) groups is 2. The summed E-state index contributed by atoms with van der Waals surface area (Å²) in [6.07, 6.45) is -5.18. The van der Waals surface area contributed by atoms with E-state index in [2.05, 4.69) is 4.90 Å². The van der Waals surface area contributed by atoms with Gasteiger partial charge in [0.15, 0.2) is 0 Å². The minimum absolute atomic E-state index is 0.00693. The molecule has 4 rings (SSSR count).